The molecule has 2 rings (SSSR count). The van der Waals surface area contributed by atoms with Crippen molar-refractivity contribution in [3.05, 3.63) is 29.8 Å². The fraction of sp³-hybridized carbons (Fsp3) is 0.545. The molecule has 1 aromatic carbocycles. The number of amides is 3. The average molecular weight is 497 g/mol. The zero-order valence-corrected chi connectivity index (χ0v) is 20.7. The van der Waals surface area contributed by atoms with E-state index in [0.29, 0.717) is 11.4 Å². The number of nitrogens with zero attached hydrogens (tertiary/aromatic N) is 1. The monoisotopic (exact) mass is 496 g/mol. The maximum Gasteiger partial charge on any atom is 0.326 e. The second kappa shape index (κ2) is 12.3. The van der Waals surface area contributed by atoms with Crippen LogP contribution >= 0.6 is 24.4 Å². The van der Waals surface area contributed by atoms with Crippen LogP contribution in [0.4, 0.5) is 5.69 Å². The lowest BCUT2D eigenvalue weighted by atomic mass is 10.0. The van der Waals surface area contributed by atoms with E-state index in [9.17, 15) is 24.3 Å². The van der Waals surface area contributed by atoms with Crippen molar-refractivity contribution < 1.29 is 24.3 Å². The van der Waals surface area contributed by atoms with E-state index < -0.39 is 47.9 Å². The molecule has 11 heteroatoms. The maximum absolute atomic E-state index is 13.7. The number of hydrogen-bond acceptors (Lipinski definition) is 7. The van der Waals surface area contributed by atoms with E-state index in [1.807, 2.05) is 18.4 Å². The molecular weight excluding hydrogens is 464 g/mol. The van der Waals surface area contributed by atoms with E-state index in [4.69, 9.17) is 5.73 Å². The largest absolute Gasteiger partial charge is 0.480 e. The number of anilines is 1. The molecule has 0 aromatic heterocycles. The molecule has 4 atom stereocenters. The Balaban J connectivity index is 2.34. The topological polar surface area (TPSA) is 142 Å². The van der Waals surface area contributed by atoms with Gasteiger partial charge in [0.15, 0.2) is 0 Å². The van der Waals surface area contributed by atoms with Gasteiger partial charge in [-0.25, -0.2) is 4.79 Å². The van der Waals surface area contributed by atoms with Gasteiger partial charge in [0, 0.05) is 17.9 Å². The predicted molar refractivity (Wildman–Crippen MR) is 133 cm³/mol. The van der Waals surface area contributed by atoms with Crippen molar-refractivity contribution in [3.63, 3.8) is 0 Å². The number of carboxylic acids is 1. The summed E-state index contributed by atoms with van der Waals surface area (Å²) in [4.78, 5) is 52.2. The second-order valence-corrected chi connectivity index (χ2v) is 9.61. The van der Waals surface area contributed by atoms with Crippen molar-refractivity contribution >= 4 is 53.8 Å². The molecule has 3 amide bonds. The summed E-state index contributed by atoms with van der Waals surface area (Å²) in [5.41, 5.74) is 7.12. The molecule has 1 aromatic rings. The molecule has 9 nitrogen and oxygen atoms in total. The highest BCUT2D eigenvalue weighted by molar-refractivity contribution is 7.98. The Kier molecular flexibility index (Phi) is 10.1. The second-order valence-electron chi connectivity index (χ2n) is 8.26. The third-order valence-corrected chi connectivity index (χ3v) is 6.54. The quantitative estimate of drug-likeness (QED) is 0.283. The number of rotatable bonds is 11. The van der Waals surface area contributed by atoms with Crippen molar-refractivity contribution in [2.24, 2.45) is 11.7 Å². The summed E-state index contributed by atoms with van der Waals surface area (Å²) in [6.45, 7) is 3.57. The number of fused-ring (bicyclic) bond motifs is 1. The van der Waals surface area contributed by atoms with Crippen LogP contribution < -0.4 is 21.3 Å². The average Bonchev–Trinajstić information content (AvgIpc) is 3.18. The van der Waals surface area contributed by atoms with Crippen LogP contribution in [-0.4, -0.2) is 70.7 Å². The van der Waals surface area contributed by atoms with Gasteiger partial charge in [0.2, 0.25) is 11.8 Å². The van der Waals surface area contributed by atoms with Gasteiger partial charge < -0.3 is 21.5 Å². The third kappa shape index (κ3) is 6.64. The number of nitrogens with two attached hydrogens (primary N) is 1. The number of carbonyl (C=O) groups excluding carboxylic acids is 3. The third-order valence-electron chi connectivity index (χ3n) is 5.51. The number of para-hydroxylation sites is 1. The molecule has 1 aliphatic heterocycles. The Bertz CT molecular complexity index is 882. The molecule has 0 bridgehead atoms. The van der Waals surface area contributed by atoms with Crippen LogP contribution in [0.25, 0.3) is 0 Å². The van der Waals surface area contributed by atoms with Gasteiger partial charge in [0.25, 0.3) is 5.91 Å². The molecule has 1 heterocycles. The molecule has 0 radical (unpaired) electrons. The molecule has 0 spiro atoms. The van der Waals surface area contributed by atoms with Crippen LogP contribution in [0.5, 0.6) is 0 Å². The first kappa shape index (κ1) is 27.0. The SMILES string of the molecule is CSCCC(NC(=O)C1Cc2ccccc2N1C(=O)[C@@H](NC(=O)[C@@H](N)CS)C(C)C)C(=O)O. The van der Waals surface area contributed by atoms with Gasteiger partial charge in [-0.1, -0.05) is 32.0 Å². The van der Waals surface area contributed by atoms with Gasteiger partial charge in [0.05, 0.1) is 6.04 Å². The number of carboxylic acid groups (broad SMARTS) is 1. The normalized spacial score (nSPS) is 17.8. The van der Waals surface area contributed by atoms with Crippen molar-refractivity contribution in [1.29, 1.82) is 0 Å². The highest BCUT2D eigenvalue weighted by atomic mass is 32.2. The molecule has 0 saturated carbocycles. The molecule has 2 unspecified atom stereocenters. The molecule has 0 aliphatic carbocycles. The van der Waals surface area contributed by atoms with Gasteiger partial charge >= 0.3 is 5.97 Å². The number of carbonyl (C=O) groups is 4. The van der Waals surface area contributed by atoms with E-state index in [0.717, 1.165) is 5.56 Å². The first-order valence-electron chi connectivity index (χ1n) is 10.7. The number of aliphatic carboxylic acids is 1. The zero-order valence-electron chi connectivity index (χ0n) is 19.0. The smallest absolute Gasteiger partial charge is 0.326 e. The van der Waals surface area contributed by atoms with Gasteiger partial charge in [-0.15, -0.1) is 0 Å². The summed E-state index contributed by atoms with van der Waals surface area (Å²) >= 11 is 5.52. The van der Waals surface area contributed by atoms with Gasteiger partial charge in [-0.2, -0.15) is 24.4 Å². The number of nitrogens with one attached hydrogen (secondary N) is 2. The van der Waals surface area contributed by atoms with Crippen LogP contribution in [0.2, 0.25) is 0 Å². The van der Waals surface area contributed by atoms with E-state index >= 15 is 0 Å². The van der Waals surface area contributed by atoms with Crippen molar-refractivity contribution in [1.82, 2.24) is 10.6 Å². The highest BCUT2D eigenvalue weighted by Crippen LogP contribution is 2.33. The minimum atomic E-state index is -1.13. The molecular formula is C22H32N4O5S2. The molecule has 0 saturated heterocycles. The van der Waals surface area contributed by atoms with Crippen molar-refractivity contribution in [3.8, 4) is 0 Å². The Morgan fingerprint density at radius 3 is 2.48 bits per heavy atom. The molecule has 0 fully saturated rings. The lowest BCUT2D eigenvalue weighted by molar-refractivity contribution is -0.142. The Labute approximate surface area is 203 Å². The number of thiol groups is 1. The summed E-state index contributed by atoms with van der Waals surface area (Å²) in [6.07, 6.45) is 2.37. The zero-order chi connectivity index (χ0) is 24.7. The van der Waals surface area contributed by atoms with Crippen LogP contribution in [0.1, 0.15) is 25.8 Å². The summed E-state index contributed by atoms with van der Waals surface area (Å²) < 4.78 is 0. The maximum atomic E-state index is 13.7. The van der Waals surface area contributed by atoms with Crippen LogP contribution in [0.3, 0.4) is 0 Å². The standard InChI is InChI=1S/C22H32N4O5S2/c1-12(2)18(25-19(27)14(23)11-32)21(29)26-16-7-5-4-6-13(16)10-17(26)20(28)24-15(22(30)31)8-9-33-3/h4-7,12,14-15,17-18,32H,8-11,23H2,1-3H3,(H,24,28)(H,25,27)(H,30,31)/t14-,15?,17?,18-/m0/s1. The fourth-order valence-electron chi connectivity index (χ4n) is 3.64. The molecule has 182 valence electrons. The Hall–Kier alpha value is -2.24. The molecule has 33 heavy (non-hydrogen) atoms. The number of thioether (sulfide) groups is 1. The van der Waals surface area contributed by atoms with Crippen LogP contribution in [0.15, 0.2) is 24.3 Å². The first-order valence-corrected chi connectivity index (χ1v) is 12.7. The molecule has 5 N–H and O–H groups in total. The van der Waals surface area contributed by atoms with Crippen LogP contribution in [-0.2, 0) is 25.6 Å². The van der Waals surface area contributed by atoms with Crippen LogP contribution in [0, 0.1) is 5.92 Å². The summed E-state index contributed by atoms with van der Waals surface area (Å²) in [7, 11) is 0. The Morgan fingerprint density at radius 1 is 1.24 bits per heavy atom. The van der Waals surface area contributed by atoms with Gasteiger partial charge in [-0.05, 0) is 36.0 Å². The van der Waals surface area contributed by atoms with Gasteiger partial charge in [0.1, 0.15) is 18.1 Å². The van der Waals surface area contributed by atoms with E-state index in [2.05, 4.69) is 23.3 Å². The summed E-state index contributed by atoms with van der Waals surface area (Å²) in [6, 6.07) is 3.36. The number of benzene rings is 1. The minimum Gasteiger partial charge on any atom is -0.480 e. The summed E-state index contributed by atoms with van der Waals surface area (Å²) in [5, 5.41) is 14.8. The van der Waals surface area contributed by atoms with E-state index in [-0.39, 0.29) is 24.5 Å². The first-order chi connectivity index (χ1) is 15.6. The lowest BCUT2D eigenvalue weighted by Crippen LogP contribution is -2.59. The minimum absolute atomic E-state index is 0.120. The summed E-state index contributed by atoms with van der Waals surface area (Å²) in [5.74, 6) is -2.22. The molecule has 1 aliphatic rings. The highest BCUT2D eigenvalue weighted by Gasteiger charge is 2.42. The van der Waals surface area contributed by atoms with E-state index in [1.54, 1.807) is 26.0 Å². The van der Waals surface area contributed by atoms with Crippen molar-refractivity contribution in [2.75, 3.05) is 22.7 Å². The predicted octanol–water partition coefficient (Wildman–Crippen LogP) is 0.665. The lowest BCUT2D eigenvalue weighted by Gasteiger charge is -2.32. The van der Waals surface area contributed by atoms with Gasteiger partial charge in [-0.3, -0.25) is 19.3 Å². The fourth-order valence-corrected chi connectivity index (χ4v) is 4.27. The van der Waals surface area contributed by atoms with Crippen molar-refractivity contribution in [2.45, 2.75) is 50.9 Å². The van der Waals surface area contributed by atoms with E-state index in [1.165, 1.54) is 16.7 Å². The number of hydrogen-bond donors (Lipinski definition) is 5. The Morgan fingerprint density at radius 2 is 1.91 bits per heavy atom.